The van der Waals surface area contributed by atoms with Crippen LogP contribution in [0.3, 0.4) is 0 Å². The third-order valence-electron chi connectivity index (χ3n) is 15.3. The maximum Gasteiger partial charge on any atom is 0.472 e. The molecule has 0 saturated carbocycles. The standard InChI is InChI=1S/C72H132NO8P/c1-6-8-10-12-14-16-18-20-22-24-25-26-27-28-29-30-31-32-33-34-35-36-37-38-39-40-41-42-43-44-45-46-47-49-51-53-55-57-59-61-63-65-72(75)81-70(69-80-82(76,77)79-67-66-73(3,4)5)68-78-71(74)64-62-60-58-56-54-52-50-48-23-21-19-17-15-13-11-9-7-2/h8,10,14,16,20,22,25-26,28-29,31-32,70H,6-7,9,11-13,15,17-19,21,23-24,27,30,33-69H2,1-5H3/p+1/b10-8-,16-14-,22-20-,26-25-,29-28-,32-31-. The Morgan fingerprint density at radius 2 is 0.695 bits per heavy atom. The van der Waals surface area contributed by atoms with Crippen LogP contribution < -0.4 is 0 Å². The lowest BCUT2D eigenvalue weighted by Gasteiger charge is -2.24. The Balaban J connectivity index is 3.91. The van der Waals surface area contributed by atoms with Crippen molar-refractivity contribution in [3.05, 3.63) is 72.9 Å². The minimum Gasteiger partial charge on any atom is -0.462 e. The molecule has 9 nitrogen and oxygen atoms in total. The van der Waals surface area contributed by atoms with Crippen molar-refractivity contribution in [3.63, 3.8) is 0 Å². The van der Waals surface area contributed by atoms with E-state index in [2.05, 4.69) is 86.8 Å². The first kappa shape index (κ1) is 79.5. The van der Waals surface area contributed by atoms with E-state index in [-0.39, 0.29) is 25.6 Å². The normalized spacial score (nSPS) is 13.6. The molecule has 10 heteroatoms. The van der Waals surface area contributed by atoms with E-state index in [0.717, 1.165) is 70.6 Å². The minimum absolute atomic E-state index is 0.0338. The van der Waals surface area contributed by atoms with Crippen LogP contribution in [0, 0.1) is 0 Å². The number of rotatable bonds is 64. The highest BCUT2D eigenvalue weighted by atomic mass is 31.2. The second kappa shape index (κ2) is 63.0. The number of phosphoric acid groups is 1. The van der Waals surface area contributed by atoms with Gasteiger partial charge in [-0.3, -0.25) is 18.6 Å². The van der Waals surface area contributed by atoms with Crippen LogP contribution in [0.4, 0.5) is 0 Å². The highest BCUT2D eigenvalue weighted by molar-refractivity contribution is 7.47. The number of carbonyl (C=O) groups excluding carboxylic acids is 2. The zero-order valence-electron chi connectivity index (χ0n) is 54.5. The number of hydrogen-bond acceptors (Lipinski definition) is 7. The van der Waals surface area contributed by atoms with Gasteiger partial charge in [0.2, 0.25) is 0 Å². The van der Waals surface area contributed by atoms with Crippen molar-refractivity contribution >= 4 is 19.8 Å². The molecule has 0 bridgehead atoms. The highest BCUT2D eigenvalue weighted by Crippen LogP contribution is 2.43. The molecule has 0 aliphatic heterocycles. The Kier molecular flexibility index (Phi) is 61.0. The maximum absolute atomic E-state index is 12.9. The zero-order chi connectivity index (χ0) is 59.8. The number of likely N-dealkylation sites (N-methyl/N-ethyl adjacent to an activating group) is 1. The molecule has 2 atom stereocenters. The number of phosphoric ester groups is 1. The Morgan fingerprint density at radius 3 is 1.04 bits per heavy atom. The molecular formula is C72H133NO8P+. The lowest BCUT2D eigenvalue weighted by Crippen LogP contribution is -2.37. The van der Waals surface area contributed by atoms with E-state index in [9.17, 15) is 19.0 Å². The quantitative estimate of drug-likeness (QED) is 0.0211. The van der Waals surface area contributed by atoms with Crippen molar-refractivity contribution in [2.45, 2.75) is 328 Å². The molecule has 478 valence electrons. The summed E-state index contributed by atoms with van der Waals surface area (Å²) in [5.74, 6) is -0.779. The molecule has 0 spiro atoms. The van der Waals surface area contributed by atoms with Gasteiger partial charge in [0.1, 0.15) is 19.8 Å². The van der Waals surface area contributed by atoms with Crippen molar-refractivity contribution in [1.82, 2.24) is 0 Å². The first-order valence-corrected chi connectivity index (χ1v) is 36.2. The Bertz CT molecular complexity index is 1610. The fourth-order valence-corrected chi connectivity index (χ4v) is 10.7. The van der Waals surface area contributed by atoms with Crippen LogP contribution in [0.2, 0.25) is 0 Å². The van der Waals surface area contributed by atoms with Crippen LogP contribution in [-0.2, 0) is 32.7 Å². The lowest BCUT2D eigenvalue weighted by molar-refractivity contribution is -0.870. The average Bonchev–Trinajstić information content (AvgIpc) is 3.45. The molecule has 0 aromatic heterocycles. The smallest absolute Gasteiger partial charge is 0.462 e. The van der Waals surface area contributed by atoms with Gasteiger partial charge in [0.25, 0.3) is 0 Å². The molecule has 0 amide bonds. The summed E-state index contributed by atoms with van der Waals surface area (Å²) in [5, 5.41) is 0. The molecule has 0 saturated heterocycles. The zero-order valence-corrected chi connectivity index (χ0v) is 55.4. The third-order valence-corrected chi connectivity index (χ3v) is 16.2. The van der Waals surface area contributed by atoms with Crippen LogP contribution in [-0.4, -0.2) is 74.9 Å². The van der Waals surface area contributed by atoms with Crippen LogP contribution in [0.5, 0.6) is 0 Å². The number of nitrogens with zero attached hydrogens (tertiary/aromatic N) is 1. The summed E-state index contributed by atoms with van der Waals surface area (Å²) in [4.78, 5) is 35.8. The molecule has 0 fully saturated rings. The number of esters is 2. The second-order valence-electron chi connectivity index (χ2n) is 24.5. The lowest BCUT2D eigenvalue weighted by atomic mass is 10.0. The summed E-state index contributed by atoms with van der Waals surface area (Å²) >= 11 is 0. The number of ether oxygens (including phenoxy) is 2. The molecule has 0 heterocycles. The average molecular weight is 1170 g/mol. The molecule has 0 aliphatic rings. The van der Waals surface area contributed by atoms with Crippen LogP contribution in [0.25, 0.3) is 0 Å². The first-order chi connectivity index (χ1) is 40.0. The molecule has 0 aliphatic carbocycles. The van der Waals surface area contributed by atoms with Crippen molar-refractivity contribution in [2.75, 3.05) is 47.5 Å². The van der Waals surface area contributed by atoms with E-state index in [4.69, 9.17) is 18.5 Å². The van der Waals surface area contributed by atoms with E-state index in [1.54, 1.807) is 0 Å². The summed E-state index contributed by atoms with van der Waals surface area (Å²) < 4.78 is 34.7. The molecule has 82 heavy (non-hydrogen) atoms. The first-order valence-electron chi connectivity index (χ1n) is 34.7. The monoisotopic (exact) mass is 1170 g/mol. The molecular weight excluding hydrogens is 1040 g/mol. The van der Waals surface area contributed by atoms with Gasteiger partial charge < -0.3 is 18.9 Å². The number of unbranched alkanes of at least 4 members (excludes halogenated alkanes) is 38. The highest BCUT2D eigenvalue weighted by Gasteiger charge is 2.27. The Morgan fingerprint density at radius 1 is 0.390 bits per heavy atom. The summed E-state index contributed by atoms with van der Waals surface area (Å²) in [7, 11) is 1.49. The number of allylic oxidation sites excluding steroid dienone is 12. The molecule has 2 unspecified atom stereocenters. The van der Waals surface area contributed by atoms with E-state index in [1.807, 2.05) is 21.1 Å². The number of quaternary nitrogens is 1. The maximum atomic E-state index is 12.9. The Labute approximate surface area is 508 Å². The van der Waals surface area contributed by atoms with Gasteiger partial charge in [-0.05, 0) is 64.2 Å². The van der Waals surface area contributed by atoms with Gasteiger partial charge in [0.05, 0.1) is 27.7 Å². The summed E-state index contributed by atoms with van der Waals surface area (Å²) in [6.45, 7) is 4.37. The van der Waals surface area contributed by atoms with Gasteiger partial charge in [-0.1, -0.05) is 318 Å². The molecule has 0 aromatic rings. The van der Waals surface area contributed by atoms with Crippen molar-refractivity contribution < 1.29 is 42.1 Å². The molecule has 1 N–H and O–H groups in total. The summed E-state index contributed by atoms with van der Waals surface area (Å²) in [6.07, 6.45) is 84.4. The predicted octanol–water partition coefficient (Wildman–Crippen LogP) is 22.4. The van der Waals surface area contributed by atoms with E-state index < -0.39 is 26.5 Å². The van der Waals surface area contributed by atoms with Gasteiger partial charge >= 0.3 is 19.8 Å². The summed E-state index contributed by atoms with van der Waals surface area (Å²) in [5.41, 5.74) is 0. The molecule has 0 rings (SSSR count). The Hall–Kier alpha value is -2.55. The largest absolute Gasteiger partial charge is 0.472 e. The van der Waals surface area contributed by atoms with Crippen LogP contribution in [0.15, 0.2) is 72.9 Å². The van der Waals surface area contributed by atoms with Crippen molar-refractivity contribution in [3.8, 4) is 0 Å². The van der Waals surface area contributed by atoms with Crippen LogP contribution >= 0.6 is 7.82 Å². The van der Waals surface area contributed by atoms with E-state index >= 15 is 0 Å². The van der Waals surface area contributed by atoms with E-state index in [0.29, 0.717) is 23.9 Å². The fraction of sp³-hybridized carbons (Fsp3) is 0.806. The SMILES string of the molecule is CC/C=C\C/C=C\C/C=C\C/C=C\C/C=C\C/C=C\CCCCCCCCCCCCCCCCCCCCCCCCC(=O)OC(COC(=O)CCCCCCCCCCCCCCCCCCC)COP(=O)(O)OCC[N+](C)(C)C. The summed E-state index contributed by atoms with van der Waals surface area (Å²) in [6, 6.07) is 0. The fourth-order valence-electron chi connectivity index (χ4n) is 9.96. The van der Waals surface area contributed by atoms with Gasteiger partial charge in [0.15, 0.2) is 6.10 Å². The van der Waals surface area contributed by atoms with E-state index in [1.165, 1.54) is 218 Å². The minimum atomic E-state index is -4.39. The topological polar surface area (TPSA) is 108 Å². The second-order valence-corrected chi connectivity index (χ2v) is 26.0. The van der Waals surface area contributed by atoms with Gasteiger partial charge in [0, 0.05) is 12.8 Å². The van der Waals surface area contributed by atoms with Crippen molar-refractivity contribution in [2.24, 2.45) is 0 Å². The van der Waals surface area contributed by atoms with Crippen molar-refractivity contribution in [1.29, 1.82) is 0 Å². The molecule has 0 aromatic carbocycles. The molecule has 0 radical (unpaired) electrons. The number of carbonyl (C=O) groups is 2. The number of hydrogen-bond donors (Lipinski definition) is 1. The van der Waals surface area contributed by atoms with Gasteiger partial charge in [-0.15, -0.1) is 0 Å². The third kappa shape index (κ3) is 66.6. The van der Waals surface area contributed by atoms with Gasteiger partial charge in [-0.2, -0.15) is 0 Å². The predicted molar refractivity (Wildman–Crippen MR) is 353 cm³/mol. The van der Waals surface area contributed by atoms with Gasteiger partial charge in [-0.25, -0.2) is 4.57 Å². The van der Waals surface area contributed by atoms with Crippen LogP contribution in [0.1, 0.15) is 322 Å².